The van der Waals surface area contributed by atoms with Gasteiger partial charge >= 0.3 is 0 Å². The Hall–Kier alpha value is -2.52. The second-order valence-corrected chi connectivity index (χ2v) is 7.83. The molecular formula is C24H25NOS. The fourth-order valence-corrected chi connectivity index (χ4v) is 3.91. The van der Waals surface area contributed by atoms with Crippen molar-refractivity contribution in [2.75, 3.05) is 0 Å². The fraction of sp³-hybridized carbons (Fsp3) is 0.208. The minimum Gasteiger partial charge on any atom is -0.345 e. The van der Waals surface area contributed by atoms with Crippen molar-refractivity contribution in [2.45, 2.75) is 37.5 Å². The van der Waals surface area contributed by atoms with E-state index in [1.165, 1.54) is 16.7 Å². The number of nitrogens with one attached hydrogen (secondary N) is 1. The molecule has 1 atom stereocenters. The first-order valence-corrected chi connectivity index (χ1v) is 10.2. The summed E-state index contributed by atoms with van der Waals surface area (Å²) in [7, 11) is 0. The van der Waals surface area contributed by atoms with Crippen molar-refractivity contribution in [1.29, 1.82) is 0 Å². The minimum absolute atomic E-state index is 0.0307. The van der Waals surface area contributed by atoms with Gasteiger partial charge in [0.15, 0.2) is 0 Å². The number of rotatable bonds is 6. The van der Waals surface area contributed by atoms with Gasteiger partial charge in [-0.05, 0) is 55.2 Å². The highest BCUT2D eigenvalue weighted by Crippen LogP contribution is 2.27. The van der Waals surface area contributed by atoms with E-state index >= 15 is 0 Å². The second-order valence-electron chi connectivity index (χ2n) is 6.81. The van der Waals surface area contributed by atoms with Crippen LogP contribution in [0.1, 0.15) is 45.6 Å². The Morgan fingerprint density at radius 3 is 2.37 bits per heavy atom. The summed E-state index contributed by atoms with van der Waals surface area (Å²) in [5, 5.41) is 3.15. The average Bonchev–Trinajstić information content (AvgIpc) is 2.69. The Balaban J connectivity index is 1.71. The van der Waals surface area contributed by atoms with Gasteiger partial charge in [0.05, 0.1) is 11.6 Å². The van der Waals surface area contributed by atoms with Gasteiger partial charge in [-0.2, -0.15) is 0 Å². The quantitative estimate of drug-likeness (QED) is 0.528. The van der Waals surface area contributed by atoms with Crippen LogP contribution in [0.4, 0.5) is 0 Å². The van der Waals surface area contributed by atoms with Crippen LogP contribution in [0.15, 0.2) is 77.7 Å². The lowest BCUT2D eigenvalue weighted by Gasteiger charge is -2.17. The van der Waals surface area contributed by atoms with Crippen molar-refractivity contribution in [3.8, 4) is 0 Å². The molecule has 0 unspecified atom stereocenters. The summed E-state index contributed by atoms with van der Waals surface area (Å²) in [5.74, 6) is 0.814. The predicted molar refractivity (Wildman–Crippen MR) is 114 cm³/mol. The van der Waals surface area contributed by atoms with Gasteiger partial charge in [-0.3, -0.25) is 4.79 Å². The zero-order valence-electron chi connectivity index (χ0n) is 16.0. The summed E-state index contributed by atoms with van der Waals surface area (Å²) in [6.07, 6.45) is 0. The highest BCUT2D eigenvalue weighted by molar-refractivity contribution is 7.98. The van der Waals surface area contributed by atoms with E-state index in [1.54, 1.807) is 11.8 Å². The van der Waals surface area contributed by atoms with Gasteiger partial charge in [-0.1, -0.05) is 60.7 Å². The van der Waals surface area contributed by atoms with Crippen molar-refractivity contribution >= 4 is 17.7 Å². The molecule has 0 radical (unpaired) electrons. The first kappa shape index (κ1) is 19.2. The number of thioether (sulfide) groups is 1. The first-order chi connectivity index (χ1) is 13.0. The van der Waals surface area contributed by atoms with Gasteiger partial charge in [0.25, 0.3) is 5.91 Å². The molecule has 0 aliphatic rings. The molecule has 3 aromatic rings. The molecule has 0 aliphatic carbocycles. The lowest BCUT2D eigenvalue weighted by molar-refractivity contribution is 0.0937. The molecule has 0 bridgehead atoms. The third-order valence-corrected chi connectivity index (χ3v) is 5.89. The van der Waals surface area contributed by atoms with E-state index in [0.29, 0.717) is 0 Å². The van der Waals surface area contributed by atoms with Crippen LogP contribution < -0.4 is 5.32 Å². The van der Waals surface area contributed by atoms with Gasteiger partial charge in [-0.15, -0.1) is 11.8 Å². The monoisotopic (exact) mass is 375 g/mol. The van der Waals surface area contributed by atoms with E-state index in [2.05, 4.69) is 49.5 Å². The fourth-order valence-electron chi connectivity index (χ4n) is 2.91. The highest BCUT2D eigenvalue weighted by Gasteiger charge is 2.15. The summed E-state index contributed by atoms with van der Waals surface area (Å²) in [5.41, 5.74) is 5.61. The van der Waals surface area contributed by atoms with E-state index in [1.807, 2.05) is 49.4 Å². The second kappa shape index (κ2) is 8.92. The standard InChI is InChI=1S/C24H25NOS/c1-17-13-14-21(15-18(17)2)19(3)25-24(26)22-11-7-8-12-23(22)27-16-20-9-5-4-6-10-20/h4-15,19H,16H2,1-3H3,(H,25,26)/t19-/m0/s1. The lowest BCUT2D eigenvalue weighted by atomic mass is 10.0. The van der Waals surface area contributed by atoms with E-state index in [0.717, 1.165) is 21.8 Å². The number of aryl methyl sites for hydroxylation is 2. The average molecular weight is 376 g/mol. The molecule has 1 N–H and O–H groups in total. The summed E-state index contributed by atoms with van der Waals surface area (Å²) in [4.78, 5) is 13.9. The van der Waals surface area contributed by atoms with Gasteiger partial charge < -0.3 is 5.32 Å². The molecule has 0 aromatic heterocycles. The van der Waals surface area contributed by atoms with Crippen molar-refractivity contribution in [1.82, 2.24) is 5.32 Å². The molecule has 3 rings (SSSR count). The Bertz CT molecular complexity index is 921. The number of amides is 1. The molecule has 3 aromatic carbocycles. The van der Waals surface area contributed by atoms with Crippen molar-refractivity contribution in [3.63, 3.8) is 0 Å². The van der Waals surface area contributed by atoms with E-state index < -0.39 is 0 Å². The molecule has 0 fully saturated rings. The zero-order valence-corrected chi connectivity index (χ0v) is 16.8. The number of benzene rings is 3. The maximum atomic E-state index is 12.9. The van der Waals surface area contributed by atoms with Crippen LogP contribution in [0.25, 0.3) is 0 Å². The van der Waals surface area contributed by atoms with Crippen LogP contribution in [0, 0.1) is 13.8 Å². The molecule has 3 heteroatoms. The van der Waals surface area contributed by atoms with Crippen LogP contribution >= 0.6 is 11.8 Å². The van der Waals surface area contributed by atoms with E-state index in [4.69, 9.17) is 0 Å². The number of hydrogen-bond donors (Lipinski definition) is 1. The molecule has 0 saturated heterocycles. The van der Waals surface area contributed by atoms with Crippen LogP contribution in [0.2, 0.25) is 0 Å². The summed E-state index contributed by atoms with van der Waals surface area (Å²) in [6.45, 7) is 6.23. The van der Waals surface area contributed by atoms with Crippen molar-refractivity contribution < 1.29 is 4.79 Å². The summed E-state index contributed by atoms with van der Waals surface area (Å²) >= 11 is 1.69. The maximum Gasteiger partial charge on any atom is 0.252 e. The van der Waals surface area contributed by atoms with Crippen molar-refractivity contribution in [2.24, 2.45) is 0 Å². The van der Waals surface area contributed by atoms with Crippen LogP contribution in [0.3, 0.4) is 0 Å². The van der Waals surface area contributed by atoms with Gasteiger partial charge in [0.2, 0.25) is 0 Å². The smallest absolute Gasteiger partial charge is 0.252 e. The van der Waals surface area contributed by atoms with Gasteiger partial charge in [-0.25, -0.2) is 0 Å². The van der Waals surface area contributed by atoms with Crippen LogP contribution in [-0.2, 0) is 5.75 Å². The molecule has 0 heterocycles. The minimum atomic E-state index is -0.0380. The predicted octanol–water partition coefficient (Wildman–Crippen LogP) is 6.09. The Morgan fingerprint density at radius 2 is 1.63 bits per heavy atom. The molecule has 2 nitrogen and oxygen atoms in total. The van der Waals surface area contributed by atoms with Gasteiger partial charge in [0, 0.05) is 10.6 Å². The molecule has 0 aliphatic heterocycles. The Labute approximate surface area is 166 Å². The van der Waals surface area contributed by atoms with Crippen LogP contribution in [-0.4, -0.2) is 5.91 Å². The molecule has 27 heavy (non-hydrogen) atoms. The Kier molecular flexibility index (Phi) is 6.36. The first-order valence-electron chi connectivity index (χ1n) is 9.18. The number of carbonyl (C=O) groups excluding carboxylic acids is 1. The third kappa shape index (κ3) is 5.01. The third-order valence-electron chi connectivity index (χ3n) is 4.75. The number of hydrogen-bond acceptors (Lipinski definition) is 2. The van der Waals surface area contributed by atoms with Gasteiger partial charge in [0.1, 0.15) is 0 Å². The number of carbonyl (C=O) groups is 1. The summed E-state index contributed by atoms with van der Waals surface area (Å²) < 4.78 is 0. The molecular weight excluding hydrogens is 350 g/mol. The van der Waals surface area contributed by atoms with Crippen molar-refractivity contribution in [3.05, 3.63) is 101 Å². The van der Waals surface area contributed by atoms with Crippen LogP contribution in [0.5, 0.6) is 0 Å². The van der Waals surface area contributed by atoms with E-state index in [-0.39, 0.29) is 11.9 Å². The lowest BCUT2D eigenvalue weighted by Crippen LogP contribution is -2.27. The summed E-state index contributed by atoms with van der Waals surface area (Å²) in [6, 6.07) is 24.4. The SMILES string of the molecule is Cc1ccc([C@H](C)NC(=O)c2ccccc2SCc2ccccc2)cc1C. The van der Waals surface area contributed by atoms with E-state index in [9.17, 15) is 4.79 Å². The maximum absolute atomic E-state index is 12.9. The molecule has 138 valence electrons. The zero-order chi connectivity index (χ0) is 19.2. The Morgan fingerprint density at radius 1 is 0.926 bits per heavy atom. The largest absolute Gasteiger partial charge is 0.345 e. The molecule has 0 saturated carbocycles. The topological polar surface area (TPSA) is 29.1 Å². The highest BCUT2D eigenvalue weighted by atomic mass is 32.2. The normalized spacial score (nSPS) is 11.8. The molecule has 1 amide bonds. The molecule has 0 spiro atoms.